The minimum Gasteiger partial charge on any atom is -0.480 e. The number of rotatable bonds is 6. The molecule has 0 bridgehead atoms. The molecule has 0 saturated carbocycles. The molecule has 9 heteroatoms. The number of ether oxygens (including phenoxy) is 3. The molecule has 2 aliphatic heterocycles. The van der Waals surface area contributed by atoms with Crippen molar-refractivity contribution in [3.63, 3.8) is 0 Å². The summed E-state index contributed by atoms with van der Waals surface area (Å²) in [5.74, 6) is 1.18. The Labute approximate surface area is 192 Å². The summed E-state index contributed by atoms with van der Waals surface area (Å²) in [5.41, 5.74) is 5.73. The molecule has 1 saturated heterocycles. The Morgan fingerprint density at radius 3 is 2.64 bits per heavy atom. The van der Waals surface area contributed by atoms with Gasteiger partial charge in [-0.25, -0.2) is 9.97 Å². The number of methoxy groups -OCH3 is 2. The Balaban J connectivity index is 1.48. The number of anilines is 3. The molecule has 0 unspecified atom stereocenters. The summed E-state index contributed by atoms with van der Waals surface area (Å²) in [6, 6.07) is 10.7. The number of benzene rings is 1. The number of morpholine rings is 1. The number of hydrogen-bond donors (Lipinski definition) is 2. The monoisotopic (exact) mass is 446 g/mol. The lowest BCUT2D eigenvalue weighted by atomic mass is 10.0. The molecule has 4 heterocycles. The van der Waals surface area contributed by atoms with Gasteiger partial charge < -0.3 is 29.7 Å². The molecule has 0 spiro atoms. The first-order valence-electron chi connectivity index (χ1n) is 10.8. The zero-order valence-electron chi connectivity index (χ0n) is 18.7. The average Bonchev–Trinajstić information content (AvgIpc) is 2.89. The SMILES string of the molecule is COc1ncc(-c2cc3c(c(Nc4ccc(N5CCOCC5)cc4)n2)CNC=C3)c(OC)n1. The maximum atomic E-state index is 5.48. The molecule has 9 nitrogen and oxygen atoms in total. The van der Waals surface area contributed by atoms with Crippen LogP contribution in [-0.2, 0) is 11.3 Å². The second-order valence-electron chi connectivity index (χ2n) is 7.69. The smallest absolute Gasteiger partial charge is 0.319 e. The lowest BCUT2D eigenvalue weighted by Gasteiger charge is -2.29. The van der Waals surface area contributed by atoms with Gasteiger partial charge >= 0.3 is 6.01 Å². The maximum Gasteiger partial charge on any atom is 0.319 e. The molecule has 170 valence electrons. The van der Waals surface area contributed by atoms with Crippen LogP contribution in [-0.4, -0.2) is 55.5 Å². The van der Waals surface area contributed by atoms with E-state index in [1.165, 1.54) is 12.8 Å². The molecule has 2 aromatic heterocycles. The van der Waals surface area contributed by atoms with Gasteiger partial charge in [0.25, 0.3) is 0 Å². The highest BCUT2D eigenvalue weighted by atomic mass is 16.5. The van der Waals surface area contributed by atoms with E-state index in [4.69, 9.17) is 19.2 Å². The molecule has 0 radical (unpaired) electrons. The van der Waals surface area contributed by atoms with Crippen molar-refractivity contribution >= 4 is 23.3 Å². The van der Waals surface area contributed by atoms with Gasteiger partial charge in [-0.15, -0.1) is 0 Å². The fraction of sp³-hybridized carbons (Fsp3) is 0.292. The maximum absolute atomic E-state index is 5.48. The highest BCUT2D eigenvalue weighted by molar-refractivity contribution is 5.75. The van der Waals surface area contributed by atoms with Crippen LogP contribution in [0.15, 0.2) is 42.7 Å². The second kappa shape index (κ2) is 9.33. The molecule has 1 aromatic carbocycles. The van der Waals surface area contributed by atoms with Crippen molar-refractivity contribution < 1.29 is 14.2 Å². The second-order valence-corrected chi connectivity index (χ2v) is 7.69. The zero-order valence-corrected chi connectivity index (χ0v) is 18.7. The molecular weight excluding hydrogens is 420 g/mol. The number of hydrogen-bond acceptors (Lipinski definition) is 9. The Morgan fingerprint density at radius 2 is 1.88 bits per heavy atom. The van der Waals surface area contributed by atoms with E-state index in [-0.39, 0.29) is 6.01 Å². The molecule has 0 aliphatic carbocycles. The number of nitrogens with one attached hydrogen (secondary N) is 2. The first kappa shape index (κ1) is 21.0. The lowest BCUT2D eigenvalue weighted by Crippen LogP contribution is -2.36. The van der Waals surface area contributed by atoms with Crippen LogP contribution in [0.25, 0.3) is 17.3 Å². The largest absolute Gasteiger partial charge is 0.480 e. The minimum absolute atomic E-state index is 0.247. The van der Waals surface area contributed by atoms with Gasteiger partial charge in [0, 0.05) is 42.8 Å². The highest BCUT2D eigenvalue weighted by Crippen LogP contribution is 2.34. The molecule has 5 rings (SSSR count). The predicted octanol–water partition coefficient (Wildman–Crippen LogP) is 3.21. The van der Waals surface area contributed by atoms with Crippen LogP contribution in [0.5, 0.6) is 11.9 Å². The fourth-order valence-corrected chi connectivity index (χ4v) is 3.97. The van der Waals surface area contributed by atoms with Crippen LogP contribution in [0.2, 0.25) is 0 Å². The van der Waals surface area contributed by atoms with Crippen LogP contribution < -0.4 is 25.0 Å². The number of pyridine rings is 1. The van der Waals surface area contributed by atoms with E-state index < -0.39 is 0 Å². The van der Waals surface area contributed by atoms with Crippen molar-refractivity contribution in [1.82, 2.24) is 20.3 Å². The van der Waals surface area contributed by atoms with Crippen molar-refractivity contribution in [1.29, 1.82) is 0 Å². The van der Waals surface area contributed by atoms with Crippen molar-refractivity contribution in [2.75, 3.05) is 50.7 Å². The summed E-state index contributed by atoms with van der Waals surface area (Å²) >= 11 is 0. The van der Waals surface area contributed by atoms with Gasteiger partial charge in [0.1, 0.15) is 5.82 Å². The third-order valence-electron chi connectivity index (χ3n) is 5.71. The quantitative estimate of drug-likeness (QED) is 0.592. The molecule has 0 amide bonds. The Hall–Kier alpha value is -3.85. The molecular formula is C24H26N6O3. The van der Waals surface area contributed by atoms with E-state index in [0.717, 1.165) is 48.9 Å². The highest BCUT2D eigenvalue weighted by Gasteiger charge is 2.19. The van der Waals surface area contributed by atoms with Crippen LogP contribution in [0.4, 0.5) is 17.2 Å². The molecule has 2 N–H and O–H groups in total. The summed E-state index contributed by atoms with van der Waals surface area (Å²) < 4.78 is 16.1. The Morgan fingerprint density at radius 1 is 1.06 bits per heavy atom. The zero-order chi connectivity index (χ0) is 22.6. The van der Waals surface area contributed by atoms with Crippen molar-refractivity contribution in [3.8, 4) is 23.1 Å². The minimum atomic E-state index is 0.247. The van der Waals surface area contributed by atoms with Gasteiger partial charge in [0.05, 0.1) is 38.7 Å². The van der Waals surface area contributed by atoms with Gasteiger partial charge in [-0.1, -0.05) is 0 Å². The van der Waals surface area contributed by atoms with Crippen molar-refractivity contribution in [2.45, 2.75) is 6.54 Å². The number of fused-ring (bicyclic) bond motifs is 1. The molecule has 1 fully saturated rings. The Bertz CT molecular complexity index is 1160. The average molecular weight is 447 g/mol. The first-order chi connectivity index (χ1) is 16.2. The van der Waals surface area contributed by atoms with E-state index in [9.17, 15) is 0 Å². The van der Waals surface area contributed by atoms with Crippen molar-refractivity contribution in [2.24, 2.45) is 0 Å². The summed E-state index contributed by atoms with van der Waals surface area (Å²) in [6.45, 7) is 4.04. The number of nitrogens with zero attached hydrogens (tertiary/aromatic N) is 4. The van der Waals surface area contributed by atoms with Crippen LogP contribution in [0.3, 0.4) is 0 Å². The van der Waals surface area contributed by atoms with Crippen molar-refractivity contribution in [3.05, 3.63) is 53.9 Å². The van der Waals surface area contributed by atoms with Gasteiger partial charge in [-0.05, 0) is 48.2 Å². The lowest BCUT2D eigenvalue weighted by molar-refractivity contribution is 0.122. The fourth-order valence-electron chi connectivity index (χ4n) is 3.97. The van der Waals surface area contributed by atoms with E-state index in [1.807, 2.05) is 18.3 Å². The predicted molar refractivity (Wildman–Crippen MR) is 127 cm³/mol. The van der Waals surface area contributed by atoms with E-state index in [1.54, 1.807) is 13.3 Å². The van der Waals surface area contributed by atoms with Gasteiger partial charge in [-0.2, -0.15) is 4.98 Å². The molecule has 33 heavy (non-hydrogen) atoms. The summed E-state index contributed by atoms with van der Waals surface area (Å²) in [4.78, 5) is 15.8. The van der Waals surface area contributed by atoms with E-state index in [0.29, 0.717) is 23.7 Å². The summed E-state index contributed by atoms with van der Waals surface area (Å²) in [7, 11) is 3.10. The normalized spacial score (nSPS) is 14.9. The molecule has 0 atom stereocenters. The van der Waals surface area contributed by atoms with E-state index >= 15 is 0 Å². The van der Waals surface area contributed by atoms with Crippen LogP contribution in [0.1, 0.15) is 11.1 Å². The van der Waals surface area contributed by atoms with Gasteiger partial charge in [0.2, 0.25) is 5.88 Å². The standard InChI is InChI=1S/C24H26N6O3/c1-31-23-20(15-26-24(29-23)32-2)21-13-16-7-8-25-14-19(16)22(28-21)27-17-3-5-18(6-4-17)30-9-11-33-12-10-30/h3-8,13,15,25H,9-12,14H2,1-2H3,(H,27,28). The first-order valence-corrected chi connectivity index (χ1v) is 10.8. The van der Waals surface area contributed by atoms with E-state index in [2.05, 4.69) is 49.8 Å². The third kappa shape index (κ3) is 4.40. The Kier molecular flexibility index (Phi) is 5.95. The van der Waals surface area contributed by atoms with Crippen LogP contribution in [0, 0.1) is 0 Å². The molecule has 3 aromatic rings. The van der Waals surface area contributed by atoms with Gasteiger partial charge in [0.15, 0.2) is 0 Å². The topological polar surface area (TPSA) is 93.7 Å². The van der Waals surface area contributed by atoms with Gasteiger partial charge in [-0.3, -0.25) is 0 Å². The third-order valence-corrected chi connectivity index (χ3v) is 5.71. The van der Waals surface area contributed by atoms with Crippen LogP contribution >= 0.6 is 0 Å². The summed E-state index contributed by atoms with van der Waals surface area (Å²) in [6.07, 6.45) is 5.65. The summed E-state index contributed by atoms with van der Waals surface area (Å²) in [5, 5.41) is 6.77. The molecule has 2 aliphatic rings. The number of aromatic nitrogens is 3.